The number of aromatic nitrogens is 1. The molecule has 4 rings (SSSR count). The number of hydrogen-bond donors (Lipinski definition) is 1. The van der Waals surface area contributed by atoms with Crippen LogP contribution in [-0.4, -0.2) is 53.9 Å². The van der Waals surface area contributed by atoms with E-state index in [9.17, 15) is 9.59 Å². The van der Waals surface area contributed by atoms with Crippen LogP contribution in [0.2, 0.25) is 0 Å². The number of nitrogens with two attached hydrogens (primary N) is 1. The Balaban J connectivity index is 1.64. The van der Waals surface area contributed by atoms with E-state index in [0.717, 1.165) is 29.8 Å². The van der Waals surface area contributed by atoms with Crippen molar-refractivity contribution in [3.63, 3.8) is 0 Å². The van der Waals surface area contributed by atoms with Gasteiger partial charge in [-0.05, 0) is 55.2 Å². The third kappa shape index (κ3) is 3.40. The molecule has 1 saturated carbocycles. The van der Waals surface area contributed by atoms with Crippen LogP contribution in [0.1, 0.15) is 72.6 Å². The summed E-state index contributed by atoms with van der Waals surface area (Å²) in [6.07, 6.45) is 10.8. The minimum absolute atomic E-state index is 0.0297. The lowest BCUT2D eigenvalue weighted by Crippen LogP contribution is -2.49. The van der Waals surface area contributed by atoms with Crippen molar-refractivity contribution in [2.45, 2.75) is 50.9 Å². The molecule has 3 amide bonds. The largest absolute Gasteiger partial charge is 0.366 e. The van der Waals surface area contributed by atoms with Crippen LogP contribution >= 0.6 is 0 Å². The maximum Gasteiger partial charge on any atom is 0.319 e. The zero-order valence-corrected chi connectivity index (χ0v) is 16.9. The summed E-state index contributed by atoms with van der Waals surface area (Å²) in [4.78, 5) is 32.4. The average Bonchev–Trinajstić information content (AvgIpc) is 3.13. The van der Waals surface area contributed by atoms with Crippen molar-refractivity contribution in [1.82, 2.24) is 14.8 Å². The van der Waals surface area contributed by atoms with Gasteiger partial charge in [0.15, 0.2) is 0 Å². The molecule has 2 N–H and O–H groups in total. The van der Waals surface area contributed by atoms with Crippen molar-refractivity contribution in [1.29, 1.82) is 0 Å². The number of urea groups is 1. The number of nitrogens with zero attached hydrogens (tertiary/aromatic N) is 3. The lowest BCUT2D eigenvalue weighted by Gasteiger charge is -2.36. The summed E-state index contributed by atoms with van der Waals surface area (Å²) in [5, 5.41) is 0. The van der Waals surface area contributed by atoms with Gasteiger partial charge in [-0.1, -0.05) is 18.9 Å². The molecule has 6 heteroatoms. The van der Waals surface area contributed by atoms with Gasteiger partial charge in [0.05, 0.1) is 11.3 Å². The zero-order chi connectivity index (χ0) is 19.9. The van der Waals surface area contributed by atoms with Crippen molar-refractivity contribution in [3.05, 3.63) is 35.2 Å². The number of amides is 3. The molecule has 1 saturated heterocycles. The van der Waals surface area contributed by atoms with Crippen LogP contribution in [0.15, 0.2) is 18.2 Å². The molecule has 6 nitrogen and oxygen atoms in total. The Bertz CT molecular complexity index is 812. The zero-order valence-electron chi connectivity index (χ0n) is 16.9. The third-order valence-electron chi connectivity index (χ3n) is 6.92. The first kappa shape index (κ1) is 19.0. The Morgan fingerprint density at radius 1 is 1.14 bits per heavy atom. The Morgan fingerprint density at radius 3 is 2.39 bits per heavy atom. The summed E-state index contributed by atoms with van der Waals surface area (Å²) >= 11 is 0. The molecule has 3 aliphatic rings. The van der Waals surface area contributed by atoms with E-state index in [1.165, 1.54) is 32.1 Å². The summed E-state index contributed by atoms with van der Waals surface area (Å²) in [7, 11) is 3.63. The van der Waals surface area contributed by atoms with E-state index < -0.39 is 5.91 Å². The second-order valence-corrected chi connectivity index (χ2v) is 8.88. The van der Waals surface area contributed by atoms with E-state index in [4.69, 9.17) is 10.7 Å². The molecule has 1 aromatic rings. The predicted octanol–water partition coefficient (Wildman–Crippen LogP) is 3.39. The molecular weight excluding hydrogens is 352 g/mol. The topological polar surface area (TPSA) is 79.5 Å². The standard InChI is InChI=1S/C22H30N4O2/c1-25-13-16(14-26(2)21(25)28)18-6-5-17(20(23)27)19(24-18)15-7-11-22(12-8-15)9-3-4-10-22/h5-7,16H,3-4,8-14H2,1-2H3,(H2,23,27). The molecule has 1 spiro atoms. The van der Waals surface area contributed by atoms with Gasteiger partial charge in [0.25, 0.3) is 5.91 Å². The van der Waals surface area contributed by atoms with Crippen molar-refractivity contribution in [3.8, 4) is 0 Å². The van der Waals surface area contributed by atoms with Gasteiger partial charge in [-0.3, -0.25) is 9.78 Å². The van der Waals surface area contributed by atoms with Crippen molar-refractivity contribution in [2.24, 2.45) is 11.1 Å². The number of primary amides is 1. The summed E-state index contributed by atoms with van der Waals surface area (Å²) in [5.41, 5.74) is 9.47. The van der Waals surface area contributed by atoms with Crippen molar-refractivity contribution < 1.29 is 9.59 Å². The van der Waals surface area contributed by atoms with Crippen LogP contribution in [0.4, 0.5) is 4.79 Å². The van der Waals surface area contributed by atoms with Crippen LogP contribution in [0, 0.1) is 5.41 Å². The van der Waals surface area contributed by atoms with Gasteiger partial charge >= 0.3 is 6.03 Å². The highest BCUT2D eigenvalue weighted by atomic mass is 16.2. The summed E-state index contributed by atoms with van der Waals surface area (Å²) in [6, 6.07) is 3.74. The summed E-state index contributed by atoms with van der Waals surface area (Å²) < 4.78 is 0. The summed E-state index contributed by atoms with van der Waals surface area (Å²) in [6.45, 7) is 1.27. The number of likely N-dealkylation sites (N-methyl/N-ethyl adjacent to an activating group) is 2. The number of carbonyl (C=O) groups excluding carboxylic acids is 2. The normalized spacial score (nSPS) is 22.6. The van der Waals surface area contributed by atoms with Gasteiger partial charge in [0, 0.05) is 38.8 Å². The van der Waals surface area contributed by atoms with E-state index in [1.54, 1.807) is 9.80 Å². The van der Waals surface area contributed by atoms with Crippen LogP contribution in [0.25, 0.3) is 5.57 Å². The van der Waals surface area contributed by atoms with E-state index in [2.05, 4.69) is 6.08 Å². The molecule has 1 aromatic heterocycles. The van der Waals surface area contributed by atoms with Gasteiger partial charge in [0.2, 0.25) is 0 Å². The fraction of sp³-hybridized carbons (Fsp3) is 0.591. The van der Waals surface area contributed by atoms with Gasteiger partial charge in [-0.2, -0.15) is 0 Å². The number of pyridine rings is 1. The number of carbonyl (C=O) groups is 2. The van der Waals surface area contributed by atoms with Crippen LogP contribution in [0.5, 0.6) is 0 Å². The van der Waals surface area contributed by atoms with Gasteiger partial charge in [-0.25, -0.2) is 4.79 Å². The van der Waals surface area contributed by atoms with Crippen LogP contribution in [0.3, 0.4) is 0 Å². The molecule has 0 radical (unpaired) electrons. The highest BCUT2D eigenvalue weighted by molar-refractivity contribution is 5.97. The molecule has 1 aliphatic heterocycles. The molecule has 0 atom stereocenters. The van der Waals surface area contributed by atoms with Gasteiger partial charge < -0.3 is 15.5 Å². The molecule has 2 fully saturated rings. The second-order valence-electron chi connectivity index (χ2n) is 8.88. The molecular formula is C22H30N4O2. The first-order chi connectivity index (χ1) is 13.4. The molecule has 2 heterocycles. The fourth-order valence-corrected chi connectivity index (χ4v) is 5.24. The number of rotatable bonds is 3. The van der Waals surface area contributed by atoms with E-state index in [0.29, 0.717) is 24.1 Å². The van der Waals surface area contributed by atoms with Crippen LogP contribution in [-0.2, 0) is 0 Å². The maximum absolute atomic E-state index is 12.0. The van der Waals surface area contributed by atoms with E-state index in [1.807, 2.05) is 26.2 Å². The molecule has 2 aliphatic carbocycles. The number of hydrogen-bond acceptors (Lipinski definition) is 3. The second kappa shape index (κ2) is 7.22. The minimum Gasteiger partial charge on any atom is -0.366 e. The Labute approximate surface area is 166 Å². The average molecular weight is 383 g/mol. The van der Waals surface area contributed by atoms with E-state index >= 15 is 0 Å². The Hall–Kier alpha value is -2.37. The molecule has 0 aromatic carbocycles. The monoisotopic (exact) mass is 382 g/mol. The minimum atomic E-state index is -0.427. The third-order valence-corrected chi connectivity index (χ3v) is 6.92. The number of allylic oxidation sites excluding steroid dienone is 2. The molecule has 150 valence electrons. The molecule has 0 bridgehead atoms. The fourth-order valence-electron chi connectivity index (χ4n) is 5.24. The lowest BCUT2D eigenvalue weighted by atomic mass is 9.73. The quantitative estimate of drug-likeness (QED) is 0.870. The first-order valence-corrected chi connectivity index (χ1v) is 10.3. The molecule has 28 heavy (non-hydrogen) atoms. The SMILES string of the molecule is CN1CC(c2ccc(C(N)=O)c(C3=CCC4(CCCC4)CC3)n2)CN(C)C1=O. The smallest absolute Gasteiger partial charge is 0.319 e. The highest BCUT2D eigenvalue weighted by Gasteiger charge is 2.36. The van der Waals surface area contributed by atoms with Crippen molar-refractivity contribution in [2.75, 3.05) is 27.2 Å². The van der Waals surface area contributed by atoms with E-state index in [-0.39, 0.29) is 11.9 Å². The highest BCUT2D eigenvalue weighted by Crippen LogP contribution is 2.49. The van der Waals surface area contributed by atoms with Gasteiger partial charge in [0.1, 0.15) is 0 Å². The lowest BCUT2D eigenvalue weighted by molar-refractivity contribution is 0.0999. The van der Waals surface area contributed by atoms with Crippen LogP contribution < -0.4 is 5.73 Å². The Morgan fingerprint density at radius 2 is 1.82 bits per heavy atom. The van der Waals surface area contributed by atoms with Gasteiger partial charge in [-0.15, -0.1) is 0 Å². The molecule has 0 unspecified atom stereocenters. The first-order valence-electron chi connectivity index (χ1n) is 10.3. The maximum atomic E-state index is 12.0. The van der Waals surface area contributed by atoms with Crippen molar-refractivity contribution >= 4 is 17.5 Å². The summed E-state index contributed by atoms with van der Waals surface area (Å²) in [5.74, 6) is -0.303. The Kier molecular flexibility index (Phi) is 4.89. The predicted molar refractivity (Wildman–Crippen MR) is 109 cm³/mol.